The summed E-state index contributed by atoms with van der Waals surface area (Å²) in [4.78, 5) is 30.3. The van der Waals surface area contributed by atoms with Crippen molar-refractivity contribution in [2.24, 2.45) is 5.92 Å². The van der Waals surface area contributed by atoms with Crippen molar-refractivity contribution in [1.29, 1.82) is 0 Å². The van der Waals surface area contributed by atoms with Gasteiger partial charge in [-0.3, -0.25) is 4.79 Å². The summed E-state index contributed by atoms with van der Waals surface area (Å²) < 4.78 is 5.20. The molecule has 134 valence electrons. The van der Waals surface area contributed by atoms with Gasteiger partial charge in [-0.2, -0.15) is 4.98 Å². The first kappa shape index (κ1) is 18.7. The highest BCUT2D eigenvalue weighted by Crippen LogP contribution is 2.13. The molecule has 0 bridgehead atoms. The van der Waals surface area contributed by atoms with Gasteiger partial charge in [-0.15, -0.1) is 0 Å². The van der Waals surface area contributed by atoms with E-state index in [1.54, 1.807) is 13.2 Å². The van der Waals surface area contributed by atoms with Gasteiger partial charge in [0.05, 0.1) is 7.11 Å². The molecular formula is C19H25N3O3. The number of nitrogens with one attached hydrogen (secondary N) is 2. The molecule has 0 saturated heterocycles. The fraction of sp³-hybridized carbons (Fsp3) is 0.421. The molecule has 0 aliphatic rings. The van der Waals surface area contributed by atoms with Gasteiger partial charge in [0, 0.05) is 12.2 Å². The predicted molar refractivity (Wildman–Crippen MR) is 97.0 cm³/mol. The van der Waals surface area contributed by atoms with E-state index in [1.807, 2.05) is 24.3 Å². The number of aromatic amines is 1. The van der Waals surface area contributed by atoms with Crippen LogP contribution >= 0.6 is 0 Å². The van der Waals surface area contributed by atoms with E-state index in [1.165, 1.54) is 0 Å². The number of aromatic nitrogens is 2. The number of amides is 1. The highest BCUT2D eigenvalue weighted by Gasteiger charge is 2.10. The largest absolute Gasteiger partial charge is 0.497 e. The van der Waals surface area contributed by atoms with Crippen molar-refractivity contribution in [1.82, 2.24) is 15.3 Å². The zero-order valence-electron chi connectivity index (χ0n) is 15.0. The van der Waals surface area contributed by atoms with Crippen LogP contribution < -0.4 is 15.7 Å². The maximum atomic E-state index is 12.2. The van der Waals surface area contributed by atoms with Crippen LogP contribution in [0.25, 0.3) is 0 Å². The SMILES string of the molecule is COc1cccc(CCCNC(=O)c2cc(CC(C)C)[nH]c(=O)n2)c1. The van der Waals surface area contributed by atoms with Crippen LogP contribution in [0, 0.1) is 5.92 Å². The summed E-state index contributed by atoms with van der Waals surface area (Å²) in [7, 11) is 1.64. The van der Waals surface area contributed by atoms with Gasteiger partial charge in [0.25, 0.3) is 5.91 Å². The van der Waals surface area contributed by atoms with Gasteiger partial charge in [0.1, 0.15) is 11.4 Å². The molecule has 0 fully saturated rings. The van der Waals surface area contributed by atoms with Crippen molar-refractivity contribution >= 4 is 5.91 Å². The molecule has 1 aromatic heterocycles. The van der Waals surface area contributed by atoms with Crippen LogP contribution in [0.15, 0.2) is 35.1 Å². The number of aryl methyl sites for hydroxylation is 1. The topological polar surface area (TPSA) is 84.1 Å². The molecule has 0 unspecified atom stereocenters. The van der Waals surface area contributed by atoms with Crippen LogP contribution in [-0.4, -0.2) is 29.5 Å². The highest BCUT2D eigenvalue weighted by molar-refractivity contribution is 5.92. The fourth-order valence-corrected chi connectivity index (χ4v) is 2.59. The van der Waals surface area contributed by atoms with Crippen molar-refractivity contribution < 1.29 is 9.53 Å². The smallest absolute Gasteiger partial charge is 0.345 e. The first-order valence-electron chi connectivity index (χ1n) is 8.49. The molecule has 0 atom stereocenters. The summed E-state index contributed by atoms with van der Waals surface area (Å²) in [5.74, 6) is 0.894. The lowest BCUT2D eigenvalue weighted by atomic mass is 10.1. The molecule has 2 N–H and O–H groups in total. The second kappa shape index (κ2) is 9.01. The first-order chi connectivity index (χ1) is 12.0. The van der Waals surface area contributed by atoms with Crippen molar-refractivity contribution in [3.8, 4) is 5.75 Å². The summed E-state index contributed by atoms with van der Waals surface area (Å²) in [5, 5.41) is 2.82. The van der Waals surface area contributed by atoms with Crippen LogP contribution in [0.1, 0.15) is 42.0 Å². The van der Waals surface area contributed by atoms with E-state index in [9.17, 15) is 9.59 Å². The molecule has 2 aromatic rings. The number of carbonyl (C=O) groups excluding carboxylic acids is 1. The number of ether oxygens (including phenoxy) is 1. The third-order valence-corrected chi connectivity index (χ3v) is 3.72. The molecule has 1 amide bonds. The average molecular weight is 343 g/mol. The molecule has 0 aliphatic carbocycles. The third kappa shape index (κ3) is 6.06. The number of rotatable bonds is 8. The Bertz CT molecular complexity index is 769. The number of benzene rings is 1. The molecule has 0 radical (unpaired) electrons. The Balaban J connectivity index is 1.87. The Morgan fingerprint density at radius 1 is 1.32 bits per heavy atom. The summed E-state index contributed by atoms with van der Waals surface area (Å²) in [6, 6.07) is 9.51. The number of H-pyrrole nitrogens is 1. The number of carbonyl (C=O) groups is 1. The molecule has 6 nitrogen and oxygen atoms in total. The van der Waals surface area contributed by atoms with Crippen molar-refractivity contribution in [3.63, 3.8) is 0 Å². The summed E-state index contributed by atoms with van der Waals surface area (Å²) in [5.41, 5.74) is 1.57. The van der Waals surface area contributed by atoms with E-state index in [0.29, 0.717) is 18.9 Å². The van der Waals surface area contributed by atoms with E-state index in [2.05, 4.69) is 29.1 Å². The van der Waals surface area contributed by atoms with Gasteiger partial charge in [0.15, 0.2) is 0 Å². The molecule has 25 heavy (non-hydrogen) atoms. The van der Waals surface area contributed by atoms with Gasteiger partial charge in [-0.05, 0) is 48.9 Å². The fourth-order valence-electron chi connectivity index (χ4n) is 2.59. The van der Waals surface area contributed by atoms with Crippen LogP contribution in [0.5, 0.6) is 5.75 Å². The van der Waals surface area contributed by atoms with E-state index in [4.69, 9.17) is 4.74 Å². The lowest BCUT2D eigenvalue weighted by Gasteiger charge is -2.08. The molecule has 0 saturated carbocycles. The maximum absolute atomic E-state index is 12.2. The number of hydrogen-bond acceptors (Lipinski definition) is 4. The molecule has 1 heterocycles. The van der Waals surface area contributed by atoms with E-state index < -0.39 is 5.69 Å². The summed E-state index contributed by atoms with van der Waals surface area (Å²) in [6.07, 6.45) is 2.33. The first-order valence-corrected chi connectivity index (χ1v) is 8.49. The lowest BCUT2D eigenvalue weighted by molar-refractivity contribution is 0.0947. The normalized spacial score (nSPS) is 10.7. The molecule has 1 aromatic carbocycles. The highest BCUT2D eigenvalue weighted by atomic mass is 16.5. The quantitative estimate of drug-likeness (QED) is 0.721. The Hall–Kier alpha value is -2.63. The van der Waals surface area contributed by atoms with Crippen LogP contribution in [-0.2, 0) is 12.8 Å². The van der Waals surface area contributed by atoms with Gasteiger partial charge >= 0.3 is 5.69 Å². The van der Waals surface area contributed by atoms with Gasteiger partial charge < -0.3 is 15.0 Å². The lowest BCUT2D eigenvalue weighted by Crippen LogP contribution is -2.29. The van der Waals surface area contributed by atoms with Crippen LogP contribution in [0.2, 0.25) is 0 Å². The van der Waals surface area contributed by atoms with Crippen LogP contribution in [0.3, 0.4) is 0 Å². The Morgan fingerprint density at radius 2 is 2.12 bits per heavy atom. The molecule has 2 rings (SSSR count). The van der Waals surface area contributed by atoms with Crippen molar-refractivity contribution in [3.05, 3.63) is 57.8 Å². The summed E-state index contributed by atoms with van der Waals surface area (Å²) in [6.45, 7) is 4.62. The van der Waals surface area contributed by atoms with E-state index in [0.717, 1.165) is 29.8 Å². The van der Waals surface area contributed by atoms with Crippen LogP contribution in [0.4, 0.5) is 0 Å². The second-order valence-corrected chi connectivity index (χ2v) is 6.41. The molecule has 6 heteroatoms. The Labute approximate surface area is 147 Å². The monoisotopic (exact) mass is 343 g/mol. The number of methoxy groups -OCH3 is 1. The van der Waals surface area contributed by atoms with Crippen molar-refractivity contribution in [2.45, 2.75) is 33.1 Å². The van der Waals surface area contributed by atoms with Gasteiger partial charge in [-0.1, -0.05) is 26.0 Å². The van der Waals surface area contributed by atoms with Gasteiger partial charge in [0.2, 0.25) is 0 Å². The van der Waals surface area contributed by atoms with Crippen molar-refractivity contribution in [2.75, 3.05) is 13.7 Å². The zero-order chi connectivity index (χ0) is 18.2. The minimum Gasteiger partial charge on any atom is -0.497 e. The minimum absolute atomic E-state index is 0.167. The second-order valence-electron chi connectivity index (χ2n) is 6.41. The average Bonchev–Trinajstić information content (AvgIpc) is 2.57. The minimum atomic E-state index is -0.486. The standard InChI is InChI=1S/C19H25N3O3/c1-13(2)10-15-12-17(22-19(24)21-15)18(23)20-9-5-7-14-6-4-8-16(11-14)25-3/h4,6,8,11-13H,5,7,9-10H2,1-3H3,(H,20,23)(H,21,22,24). The predicted octanol–water partition coefficient (Wildman–Crippen LogP) is 2.34. The number of nitrogens with zero attached hydrogens (tertiary/aromatic N) is 1. The Kier molecular flexibility index (Phi) is 6.74. The van der Waals surface area contributed by atoms with E-state index in [-0.39, 0.29) is 11.6 Å². The molecule has 0 spiro atoms. The van der Waals surface area contributed by atoms with Gasteiger partial charge in [-0.25, -0.2) is 4.79 Å². The van der Waals surface area contributed by atoms with E-state index >= 15 is 0 Å². The Morgan fingerprint density at radius 3 is 2.84 bits per heavy atom. The zero-order valence-corrected chi connectivity index (χ0v) is 15.0. The third-order valence-electron chi connectivity index (χ3n) is 3.72. The molecule has 0 aliphatic heterocycles. The number of hydrogen-bond donors (Lipinski definition) is 2. The maximum Gasteiger partial charge on any atom is 0.345 e. The summed E-state index contributed by atoms with van der Waals surface area (Å²) >= 11 is 0. The molecular weight excluding hydrogens is 318 g/mol.